The van der Waals surface area contributed by atoms with Crippen LogP contribution in [0.25, 0.3) is 0 Å². The third-order valence-corrected chi connectivity index (χ3v) is 4.68. The average molecular weight is 348 g/mol. The van der Waals surface area contributed by atoms with E-state index >= 15 is 0 Å². The number of amides is 1. The van der Waals surface area contributed by atoms with Crippen molar-refractivity contribution in [3.05, 3.63) is 47.3 Å². The van der Waals surface area contributed by atoms with Gasteiger partial charge in [0.15, 0.2) is 5.69 Å². The van der Waals surface area contributed by atoms with E-state index in [-0.39, 0.29) is 11.4 Å². The largest absolute Gasteiger partial charge is 0.367 e. The standard InChI is InChI=1S/C18H22F2N4O/c1-12-7-8-13-5-3-4-6-15(13)24(12)10-9-21-18(25)14-11-16(17(19)20)23(2)22-14/h3-6,11-12,17H,7-10H2,1-2H3,(H,21,25). The lowest BCUT2D eigenvalue weighted by Gasteiger charge is -2.37. The maximum Gasteiger partial charge on any atom is 0.280 e. The van der Waals surface area contributed by atoms with Crippen LogP contribution in [0.15, 0.2) is 30.3 Å². The number of nitrogens with one attached hydrogen (secondary N) is 1. The second kappa shape index (κ2) is 7.21. The number of carbonyl (C=O) groups excluding carboxylic acids is 1. The van der Waals surface area contributed by atoms with E-state index in [0.717, 1.165) is 23.6 Å². The van der Waals surface area contributed by atoms with Gasteiger partial charge in [-0.2, -0.15) is 5.10 Å². The van der Waals surface area contributed by atoms with E-state index in [4.69, 9.17) is 0 Å². The van der Waals surface area contributed by atoms with Crippen LogP contribution in [0.4, 0.5) is 14.5 Å². The number of hydrogen-bond donors (Lipinski definition) is 1. The monoisotopic (exact) mass is 348 g/mol. The van der Waals surface area contributed by atoms with Crippen molar-refractivity contribution in [2.45, 2.75) is 32.2 Å². The zero-order valence-corrected chi connectivity index (χ0v) is 14.4. The second-order valence-electron chi connectivity index (χ2n) is 6.34. The highest BCUT2D eigenvalue weighted by atomic mass is 19.3. The molecule has 2 aromatic rings. The molecule has 0 saturated heterocycles. The molecular formula is C18H22F2N4O. The Hall–Kier alpha value is -2.44. The lowest BCUT2D eigenvalue weighted by atomic mass is 9.97. The Bertz CT molecular complexity index is 759. The van der Waals surface area contributed by atoms with Gasteiger partial charge in [-0.05, 0) is 37.5 Å². The van der Waals surface area contributed by atoms with E-state index < -0.39 is 12.3 Å². The minimum Gasteiger partial charge on any atom is -0.367 e. The summed E-state index contributed by atoms with van der Waals surface area (Å²) in [5.74, 6) is -0.430. The van der Waals surface area contributed by atoms with Crippen molar-refractivity contribution in [1.82, 2.24) is 15.1 Å². The third-order valence-electron chi connectivity index (χ3n) is 4.68. The number of benzene rings is 1. The molecule has 1 aromatic heterocycles. The van der Waals surface area contributed by atoms with Crippen LogP contribution >= 0.6 is 0 Å². The lowest BCUT2D eigenvalue weighted by molar-refractivity contribution is 0.0948. The lowest BCUT2D eigenvalue weighted by Crippen LogP contribution is -2.42. The average Bonchev–Trinajstić information content (AvgIpc) is 2.99. The molecule has 0 saturated carbocycles. The number of anilines is 1. The van der Waals surface area contributed by atoms with Crippen molar-refractivity contribution in [2.24, 2.45) is 7.05 Å². The number of carbonyl (C=O) groups is 1. The molecule has 1 aliphatic heterocycles. The number of aromatic nitrogens is 2. The molecule has 1 aromatic carbocycles. The van der Waals surface area contributed by atoms with Gasteiger partial charge < -0.3 is 10.2 Å². The molecule has 0 aliphatic carbocycles. The van der Waals surface area contributed by atoms with Crippen LogP contribution in [-0.2, 0) is 13.5 Å². The molecule has 7 heteroatoms. The molecule has 134 valence electrons. The number of rotatable bonds is 5. The molecule has 0 fully saturated rings. The first kappa shape index (κ1) is 17.4. The zero-order chi connectivity index (χ0) is 18.0. The van der Waals surface area contributed by atoms with E-state index in [1.807, 2.05) is 12.1 Å². The first-order valence-corrected chi connectivity index (χ1v) is 8.42. The quantitative estimate of drug-likeness (QED) is 0.904. The summed E-state index contributed by atoms with van der Waals surface area (Å²) in [6, 6.07) is 9.82. The fourth-order valence-electron chi connectivity index (χ4n) is 3.28. The fourth-order valence-corrected chi connectivity index (χ4v) is 3.28. The Morgan fingerprint density at radius 1 is 1.40 bits per heavy atom. The summed E-state index contributed by atoms with van der Waals surface area (Å²) in [6.45, 7) is 3.27. The van der Waals surface area contributed by atoms with E-state index in [0.29, 0.717) is 19.1 Å². The van der Waals surface area contributed by atoms with Gasteiger partial charge in [-0.1, -0.05) is 18.2 Å². The van der Waals surface area contributed by atoms with Gasteiger partial charge >= 0.3 is 0 Å². The number of nitrogens with zero attached hydrogens (tertiary/aromatic N) is 3. The molecule has 1 atom stereocenters. The number of alkyl halides is 2. The summed E-state index contributed by atoms with van der Waals surface area (Å²) in [7, 11) is 1.41. The molecule has 0 bridgehead atoms. The summed E-state index contributed by atoms with van der Waals surface area (Å²) in [4.78, 5) is 14.4. The summed E-state index contributed by atoms with van der Waals surface area (Å²) in [5, 5.41) is 6.63. The number of halogens is 2. The predicted octanol–water partition coefficient (Wildman–Crippen LogP) is 2.93. The van der Waals surface area contributed by atoms with E-state index in [9.17, 15) is 13.6 Å². The molecule has 0 spiro atoms. The van der Waals surface area contributed by atoms with Gasteiger partial charge in [0.1, 0.15) is 5.69 Å². The Kier molecular flexibility index (Phi) is 5.01. The van der Waals surface area contributed by atoms with Crippen LogP contribution < -0.4 is 10.2 Å². The highest BCUT2D eigenvalue weighted by Gasteiger charge is 2.23. The molecule has 0 radical (unpaired) electrons. The van der Waals surface area contributed by atoms with Gasteiger partial charge in [-0.3, -0.25) is 9.48 Å². The van der Waals surface area contributed by atoms with Crippen molar-refractivity contribution in [1.29, 1.82) is 0 Å². The van der Waals surface area contributed by atoms with Crippen LogP contribution in [0.5, 0.6) is 0 Å². The molecule has 1 amide bonds. The summed E-state index contributed by atoms with van der Waals surface area (Å²) in [6.07, 6.45) is -0.516. The van der Waals surface area contributed by atoms with Crippen molar-refractivity contribution in [2.75, 3.05) is 18.0 Å². The Labute approximate surface area is 145 Å². The maximum atomic E-state index is 12.8. The van der Waals surface area contributed by atoms with Crippen LogP contribution in [-0.4, -0.2) is 34.8 Å². The third kappa shape index (κ3) is 3.65. The molecule has 25 heavy (non-hydrogen) atoms. The smallest absolute Gasteiger partial charge is 0.280 e. The molecule has 1 N–H and O–H groups in total. The topological polar surface area (TPSA) is 50.2 Å². The summed E-state index contributed by atoms with van der Waals surface area (Å²) < 4.78 is 26.6. The van der Waals surface area contributed by atoms with E-state index in [2.05, 4.69) is 34.4 Å². The van der Waals surface area contributed by atoms with Gasteiger partial charge in [0.25, 0.3) is 12.3 Å². The van der Waals surface area contributed by atoms with E-state index in [1.54, 1.807) is 0 Å². The first-order chi connectivity index (χ1) is 12.0. The van der Waals surface area contributed by atoms with Crippen LogP contribution in [0.1, 0.15) is 41.5 Å². The minimum absolute atomic E-state index is 0.0184. The van der Waals surface area contributed by atoms with Gasteiger partial charge in [-0.15, -0.1) is 0 Å². The summed E-state index contributed by atoms with van der Waals surface area (Å²) >= 11 is 0. The van der Waals surface area contributed by atoms with Gasteiger partial charge in [0, 0.05) is 31.9 Å². The van der Waals surface area contributed by atoms with Crippen molar-refractivity contribution < 1.29 is 13.6 Å². The van der Waals surface area contributed by atoms with Crippen LogP contribution in [0.3, 0.4) is 0 Å². The van der Waals surface area contributed by atoms with Gasteiger partial charge in [0.05, 0.1) is 0 Å². The predicted molar refractivity (Wildman–Crippen MR) is 92.1 cm³/mol. The second-order valence-corrected chi connectivity index (χ2v) is 6.34. The molecule has 3 rings (SSSR count). The fraction of sp³-hybridized carbons (Fsp3) is 0.444. The van der Waals surface area contributed by atoms with Crippen molar-refractivity contribution >= 4 is 11.6 Å². The number of fused-ring (bicyclic) bond motifs is 1. The molecule has 5 nitrogen and oxygen atoms in total. The molecule has 2 heterocycles. The van der Waals surface area contributed by atoms with Crippen LogP contribution in [0.2, 0.25) is 0 Å². The van der Waals surface area contributed by atoms with E-state index in [1.165, 1.54) is 18.3 Å². The molecule has 1 aliphatic rings. The number of para-hydroxylation sites is 1. The number of aryl methyl sites for hydroxylation is 2. The molecule has 1 unspecified atom stereocenters. The van der Waals surface area contributed by atoms with Crippen LogP contribution in [0, 0.1) is 0 Å². The van der Waals surface area contributed by atoms with Gasteiger partial charge in [0.2, 0.25) is 0 Å². The van der Waals surface area contributed by atoms with Crippen molar-refractivity contribution in [3.63, 3.8) is 0 Å². The highest BCUT2D eigenvalue weighted by molar-refractivity contribution is 5.92. The summed E-state index contributed by atoms with van der Waals surface area (Å²) in [5.41, 5.74) is 2.28. The van der Waals surface area contributed by atoms with Crippen molar-refractivity contribution in [3.8, 4) is 0 Å². The van der Waals surface area contributed by atoms with Gasteiger partial charge in [-0.25, -0.2) is 8.78 Å². The normalized spacial score (nSPS) is 16.8. The zero-order valence-electron chi connectivity index (χ0n) is 14.4. The number of hydrogen-bond acceptors (Lipinski definition) is 3. The SMILES string of the molecule is CC1CCc2ccccc2N1CCNC(=O)c1cc(C(F)F)n(C)n1. The Morgan fingerprint density at radius 2 is 2.16 bits per heavy atom. The Morgan fingerprint density at radius 3 is 2.88 bits per heavy atom. The first-order valence-electron chi connectivity index (χ1n) is 8.42. The highest BCUT2D eigenvalue weighted by Crippen LogP contribution is 2.29. The maximum absolute atomic E-state index is 12.8. The Balaban J connectivity index is 1.61. The minimum atomic E-state index is -2.65. The molecular weight excluding hydrogens is 326 g/mol.